The Morgan fingerprint density at radius 3 is 2.96 bits per heavy atom. The van der Waals surface area contributed by atoms with Gasteiger partial charge in [0, 0.05) is 6.20 Å². The normalized spacial score (nSPS) is 12.6. The van der Waals surface area contributed by atoms with E-state index in [0.29, 0.717) is 17.0 Å². The highest BCUT2D eigenvalue weighted by Gasteiger charge is 2.22. The van der Waals surface area contributed by atoms with Crippen LogP contribution in [-0.4, -0.2) is 42.2 Å². The third-order valence-corrected chi connectivity index (χ3v) is 4.05. The Morgan fingerprint density at radius 2 is 2.16 bits per heavy atom. The second-order valence-corrected chi connectivity index (χ2v) is 5.52. The van der Waals surface area contributed by atoms with Crippen molar-refractivity contribution in [3.63, 3.8) is 0 Å². The molecule has 0 aliphatic heterocycles. The largest absolute Gasteiger partial charge is 0.467 e. The van der Waals surface area contributed by atoms with Crippen LogP contribution < -0.4 is 5.69 Å². The molecule has 4 aromatic rings. The number of carbonyl (C=O) groups excluding carboxylic acids is 1. The van der Waals surface area contributed by atoms with E-state index in [1.807, 2.05) is 24.4 Å². The zero-order valence-corrected chi connectivity index (χ0v) is 13.5. The molecule has 0 saturated carbocycles. The number of nitrogens with one attached hydrogen (secondary N) is 1. The van der Waals surface area contributed by atoms with Gasteiger partial charge in [0.25, 0.3) is 0 Å². The molecule has 0 saturated heterocycles. The topological polar surface area (TPSA) is 107 Å². The van der Waals surface area contributed by atoms with Crippen LogP contribution in [0, 0.1) is 0 Å². The number of pyridine rings is 1. The smallest absolute Gasteiger partial charge is 0.328 e. The Bertz CT molecular complexity index is 1160. The molecule has 25 heavy (non-hydrogen) atoms. The van der Waals surface area contributed by atoms with Crippen LogP contribution >= 0.6 is 0 Å². The number of H-pyrrole nitrogens is 1. The van der Waals surface area contributed by atoms with Gasteiger partial charge in [-0.3, -0.25) is 4.57 Å². The molecule has 126 valence electrons. The van der Waals surface area contributed by atoms with Crippen LogP contribution in [0.25, 0.3) is 28.1 Å². The number of aromatic nitrogens is 6. The van der Waals surface area contributed by atoms with Crippen LogP contribution in [0.5, 0.6) is 0 Å². The number of hydrogen-bond acceptors (Lipinski definition) is 6. The van der Waals surface area contributed by atoms with Crippen molar-refractivity contribution in [3.05, 3.63) is 47.3 Å². The molecule has 0 aromatic carbocycles. The fraction of sp³-hybridized carbons (Fsp3) is 0.188. The highest BCUT2D eigenvalue weighted by Crippen LogP contribution is 2.23. The summed E-state index contributed by atoms with van der Waals surface area (Å²) in [7, 11) is 1.28. The summed E-state index contributed by atoms with van der Waals surface area (Å²) in [6, 6.07) is 4.86. The number of hydrogen-bond donors (Lipinski definition) is 1. The van der Waals surface area contributed by atoms with Gasteiger partial charge in [-0.1, -0.05) is 6.07 Å². The SMILES string of the molecule is COC(=O)[C@H](C)n1c(=O)[nH]c2cnc(-c3cnn4ccccc34)nc21. The summed E-state index contributed by atoms with van der Waals surface area (Å²) in [6.45, 7) is 1.58. The lowest BCUT2D eigenvalue weighted by Crippen LogP contribution is -2.27. The fourth-order valence-electron chi connectivity index (χ4n) is 2.79. The van der Waals surface area contributed by atoms with Gasteiger partial charge >= 0.3 is 11.7 Å². The van der Waals surface area contributed by atoms with E-state index in [4.69, 9.17) is 4.74 Å². The van der Waals surface area contributed by atoms with Crippen LogP contribution in [0.1, 0.15) is 13.0 Å². The van der Waals surface area contributed by atoms with E-state index in [0.717, 1.165) is 11.1 Å². The number of fused-ring (bicyclic) bond motifs is 2. The maximum atomic E-state index is 12.2. The predicted octanol–water partition coefficient (Wildman–Crippen LogP) is 1.17. The highest BCUT2D eigenvalue weighted by molar-refractivity contribution is 5.81. The number of methoxy groups -OCH3 is 1. The van der Waals surface area contributed by atoms with Crippen LogP contribution in [-0.2, 0) is 9.53 Å². The zero-order valence-electron chi connectivity index (χ0n) is 13.5. The first-order valence-corrected chi connectivity index (χ1v) is 7.58. The van der Waals surface area contributed by atoms with Gasteiger partial charge in [-0.25, -0.2) is 24.1 Å². The molecule has 0 unspecified atom stereocenters. The van der Waals surface area contributed by atoms with E-state index in [9.17, 15) is 9.59 Å². The van der Waals surface area contributed by atoms with Gasteiger partial charge in [-0.15, -0.1) is 0 Å². The first kappa shape index (κ1) is 15.1. The molecular formula is C16H14N6O3. The molecule has 0 fully saturated rings. The van der Waals surface area contributed by atoms with Gasteiger partial charge in [-0.05, 0) is 19.1 Å². The van der Waals surface area contributed by atoms with Crippen molar-refractivity contribution in [2.75, 3.05) is 7.11 Å². The van der Waals surface area contributed by atoms with Gasteiger partial charge in [0.1, 0.15) is 11.6 Å². The lowest BCUT2D eigenvalue weighted by Gasteiger charge is -2.10. The second-order valence-electron chi connectivity index (χ2n) is 5.52. The molecule has 4 heterocycles. The number of esters is 1. The molecule has 0 aliphatic rings. The van der Waals surface area contributed by atoms with E-state index in [-0.39, 0.29) is 0 Å². The summed E-state index contributed by atoms with van der Waals surface area (Å²) in [6.07, 6.45) is 5.00. The monoisotopic (exact) mass is 338 g/mol. The maximum absolute atomic E-state index is 12.2. The standard InChI is InChI=1S/C16H14N6O3/c1-9(15(23)25-2)22-14-11(19-16(22)24)8-17-13(20-14)10-7-18-21-6-4-3-5-12(10)21/h3-9H,1-2H3,(H,19,24)/t9-/m0/s1. The van der Waals surface area contributed by atoms with Crippen molar-refractivity contribution in [2.45, 2.75) is 13.0 Å². The molecule has 9 nitrogen and oxygen atoms in total. The van der Waals surface area contributed by atoms with Gasteiger partial charge < -0.3 is 9.72 Å². The molecule has 4 aromatic heterocycles. The molecule has 0 spiro atoms. The Morgan fingerprint density at radius 1 is 1.32 bits per heavy atom. The van der Waals surface area contributed by atoms with E-state index in [1.165, 1.54) is 17.9 Å². The van der Waals surface area contributed by atoms with Crippen molar-refractivity contribution >= 4 is 22.6 Å². The number of rotatable bonds is 3. The Balaban J connectivity index is 1.93. The molecule has 1 N–H and O–H groups in total. The maximum Gasteiger partial charge on any atom is 0.328 e. The second kappa shape index (κ2) is 5.55. The summed E-state index contributed by atoms with van der Waals surface area (Å²) in [4.78, 5) is 35.5. The Kier molecular flexibility index (Phi) is 3.34. The number of nitrogens with zero attached hydrogens (tertiary/aromatic N) is 5. The van der Waals surface area contributed by atoms with Crippen LogP contribution in [0.3, 0.4) is 0 Å². The summed E-state index contributed by atoms with van der Waals surface area (Å²) in [5.41, 5.74) is 1.91. The van der Waals surface area contributed by atoms with E-state index in [2.05, 4.69) is 20.1 Å². The van der Waals surface area contributed by atoms with E-state index < -0.39 is 17.7 Å². The first-order valence-electron chi connectivity index (χ1n) is 7.58. The number of imidazole rings is 1. The molecule has 0 amide bonds. The average molecular weight is 338 g/mol. The molecule has 0 radical (unpaired) electrons. The molecule has 0 bridgehead atoms. The first-order chi connectivity index (χ1) is 12.1. The molecule has 4 rings (SSSR count). The summed E-state index contributed by atoms with van der Waals surface area (Å²) in [5.74, 6) is -0.113. The average Bonchev–Trinajstić information content (AvgIpc) is 3.20. The van der Waals surface area contributed by atoms with Crippen LogP contribution in [0.4, 0.5) is 0 Å². The van der Waals surface area contributed by atoms with Crippen molar-refractivity contribution in [2.24, 2.45) is 0 Å². The Labute approximate surface area is 140 Å². The molecule has 0 aliphatic carbocycles. The third kappa shape index (κ3) is 2.28. The molecule has 1 atom stereocenters. The van der Waals surface area contributed by atoms with E-state index in [1.54, 1.807) is 17.6 Å². The van der Waals surface area contributed by atoms with Gasteiger partial charge in [-0.2, -0.15) is 5.10 Å². The van der Waals surface area contributed by atoms with Crippen LogP contribution in [0.2, 0.25) is 0 Å². The van der Waals surface area contributed by atoms with Crippen molar-refractivity contribution in [3.8, 4) is 11.4 Å². The van der Waals surface area contributed by atoms with E-state index >= 15 is 0 Å². The van der Waals surface area contributed by atoms with Gasteiger partial charge in [0.2, 0.25) is 0 Å². The highest BCUT2D eigenvalue weighted by atomic mass is 16.5. The summed E-state index contributed by atoms with van der Waals surface area (Å²) >= 11 is 0. The minimum atomic E-state index is -0.807. The summed E-state index contributed by atoms with van der Waals surface area (Å²) in [5, 5.41) is 4.27. The lowest BCUT2D eigenvalue weighted by atomic mass is 10.2. The number of carbonyl (C=O) groups is 1. The third-order valence-electron chi connectivity index (χ3n) is 4.05. The fourth-order valence-corrected chi connectivity index (χ4v) is 2.79. The summed E-state index contributed by atoms with van der Waals surface area (Å²) < 4.78 is 7.70. The minimum absolute atomic E-state index is 0.336. The quantitative estimate of drug-likeness (QED) is 0.562. The number of aromatic amines is 1. The number of ether oxygens (including phenoxy) is 1. The molecule has 9 heteroatoms. The van der Waals surface area contributed by atoms with Gasteiger partial charge in [0.15, 0.2) is 11.5 Å². The molecular weight excluding hydrogens is 324 g/mol. The Hall–Kier alpha value is -3.49. The predicted molar refractivity (Wildman–Crippen MR) is 89.1 cm³/mol. The van der Waals surface area contributed by atoms with Crippen molar-refractivity contribution in [1.29, 1.82) is 0 Å². The minimum Gasteiger partial charge on any atom is -0.467 e. The lowest BCUT2D eigenvalue weighted by molar-refractivity contribution is -0.144. The zero-order chi connectivity index (χ0) is 17.6. The van der Waals surface area contributed by atoms with Crippen LogP contribution in [0.15, 0.2) is 41.6 Å². The van der Waals surface area contributed by atoms with Gasteiger partial charge in [0.05, 0.1) is 30.6 Å². The van der Waals surface area contributed by atoms with Crippen molar-refractivity contribution < 1.29 is 9.53 Å². The van der Waals surface area contributed by atoms with Crippen molar-refractivity contribution in [1.82, 2.24) is 29.1 Å².